The first-order valence-corrected chi connectivity index (χ1v) is 11.7. The van der Waals surface area contributed by atoms with Gasteiger partial charge in [0.2, 0.25) is 10.0 Å². The summed E-state index contributed by atoms with van der Waals surface area (Å²) >= 11 is 0. The van der Waals surface area contributed by atoms with Crippen LogP contribution in [0.5, 0.6) is 11.5 Å². The molecule has 0 radical (unpaired) electrons. The van der Waals surface area contributed by atoms with Gasteiger partial charge >= 0.3 is 0 Å². The molecule has 0 saturated carbocycles. The summed E-state index contributed by atoms with van der Waals surface area (Å²) in [7, 11) is -0.738. The average Bonchev–Trinajstić information content (AvgIpc) is 3.28. The highest BCUT2D eigenvalue weighted by molar-refractivity contribution is 7.89. The lowest BCUT2D eigenvalue weighted by Crippen LogP contribution is -2.19. The van der Waals surface area contributed by atoms with Crippen LogP contribution in [0.3, 0.4) is 0 Å². The third-order valence-corrected chi connectivity index (χ3v) is 6.45. The van der Waals surface area contributed by atoms with E-state index in [0.717, 1.165) is 5.56 Å². The monoisotopic (exact) mass is 482 g/mol. The predicted molar refractivity (Wildman–Crippen MR) is 127 cm³/mol. The van der Waals surface area contributed by atoms with Gasteiger partial charge in [-0.3, -0.25) is 15.1 Å². The molecule has 1 aliphatic rings. The van der Waals surface area contributed by atoms with E-state index in [1.165, 1.54) is 24.3 Å². The second-order valence-electron chi connectivity index (χ2n) is 7.57. The summed E-state index contributed by atoms with van der Waals surface area (Å²) in [6, 6.07) is 17.4. The number of rotatable bonds is 7. The number of benzene rings is 3. The van der Waals surface area contributed by atoms with Crippen LogP contribution in [0.2, 0.25) is 0 Å². The maximum absolute atomic E-state index is 11.7. The molecule has 1 unspecified atom stereocenters. The molecule has 3 aromatic rings. The average molecular weight is 483 g/mol. The van der Waals surface area contributed by atoms with Gasteiger partial charge in [-0.2, -0.15) is 5.10 Å². The van der Waals surface area contributed by atoms with Gasteiger partial charge in [-0.1, -0.05) is 12.1 Å². The summed E-state index contributed by atoms with van der Waals surface area (Å²) in [5.74, 6) is 1.20. The van der Waals surface area contributed by atoms with E-state index in [1.54, 1.807) is 55.6 Å². The molecule has 34 heavy (non-hydrogen) atoms. The Morgan fingerprint density at radius 2 is 1.79 bits per heavy atom. The molecule has 0 saturated heterocycles. The van der Waals surface area contributed by atoms with Crippen molar-refractivity contribution in [3.8, 4) is 11.5 Å². The zero-order chi connectivity index (χ0) is 24.5. The van der Waals surface area contributed by atoms with Gasteiger partial charge in [-0.15, -0.1) is 0 Å². The molecule has 4 rings (SSSR count). The lowest BCUT2D eigenvalue weighted by atomic mass is 9.97. The number of sulfonamides is 1. The molecule has 1 heterocycles. The van der Waals surface area contributed by atoms with Gasteiger partial charge in [0.25, 0.3) is 5.69 Å². The SMILES string of the molecule is COc1ccc(C2=NN(c3ccc(S(N)(=O)=O)cc3)C(c3cccc([N+](=O)[O-])c3)C2)c(OC)c1. The number of non-ortho nitro benzene ring substituents is 1. The van der Waals surface area contributed by atoms with Crippen molar-refractivity contribution in [1.29, 1.82) is 0 Å². The van der Waals surface area contributed by atoms with Crippen molar-refractivity contribution < 1.29 is 22.8 Å². The molecule has 0 amide bonds. The Kier molecular flexibility index (Phi) is 6.22. The number of nitro groups is 1. The Bertz CT molecular complexity index is 1370. The van der Waals surface area contributed by atoms with Gasteiger partial charge in [0.15, 0.2) is 0 Å². The fourth-order valence-electron chi connectivity index (χ4n) is 3.84. The molecule has 0 aromatic heterocycles. The number of primary sulfonamides is 1. The fourth-order valence-corrected chi connectivity index (χ4v) is 4.36. The molecule has 10 nitrogen and oxygen atoms in total. The Labute approximate surface area is 196 Å². The van der Waals surface area contributed by atoms with Crippen LogP contribution in [-0.4, -0.2) is 33.3 Å². The molecule has 3 aromatic carbocycles. The summed E-state index contributed by atoms with van der Waals surface area (Å²) in [6.45, 7) is 0. The second-order valence-corrected chi connectivity index (χ2v) is 9.13. The Morgan fingerprint density at radius 1 is 1.06 bits per heavy atom. The molecule has 0 spiro atoms. The van der Waals surface area contributed by atoms with Crippen LogP contribution in [0.1, 0.15) is 23.6 Å². The molecular formula is C23H22N4O6S. The summed E-state index contributed by atoms with van der Waals surface area (Å²) in [5.41, 5.74) is 2.72. The van der Waals surface area contributed by atoms with E-state index in [9.17, 15) is 18.5 Å². The fraction of sp³-hybridized carbons (Fsp3) is 0.174. The third kappa shape index (κ3) is 4.56. The van der Waals surface area contributed by atoms with Gasteiger partial charge in [0.05, 0.1) is 41.5 Å². The number of nitrogens with zero attached hydrogens (tertiary/aromatic N) is 3. The van der Waals surface area contributed by atoms with Gasteiger partial charge in [-0.25, -0.2) is 13.6 Å². The summed E-state index contributed by atoms with van der Waals surface area (Å²) in [6.07, 6.45) is 0.431. The van der Waals surface area contributed by atoms with E-state index in [0.29, 0.717) is 34.9 Å². The summed E-state index contributed by atoms with van der Waals surface area (Å²) in [4.78, 5) is 10.9. The van der Waals surface area contributed by atoms with Crippen molar-refractivity contribution in [3.63, 3.8) is 0 Å². The van der Waals surface area contributed by atoms with Gasteiger partial charge in [0, 0.05) is 30.2 Å². The normalized spacial score (nSPS) is 15.7. The standard InChI is InChI=1S/C23H22N4O6S/c1-32-18-8-11-20(23(13-18)33-2)21-14-22(15-4-3-5-17(12-15)27(28)29)26(25-21)16-6-9-19(10-7-16)34(24,30)31/h3-13,22H,14H2,1-2H3,(H2,24,30,31). The first-order chi connectivity index (χ1) is 16.2. The van der Waals surface area contributed by atoms with Gasteiger partial charge in [0.1, 0.15) is 11.5 Å². The maximum Gasteiger partial charge on any atom is 0.269 e. The number of hydrogen-bond acceptors (Lipinski definition) is 8. The van der Waals surface area contributed by atoms with E-state index < -0.39 is 14.9 Å². The van der Waals surface area contributed by atoms with Crippen LogP contribution in [0.25, 0.3) is 0 Å². The van der Waals surface area contributed by atoms with E-state index in [2.05, 4.69) is 0 Å². The third-order valence-electron chi connectivity index (χ3n) is 5.53. The molecular weight excluding hydrogens is 460 g/mol. The van der Waals surface area contributed by atoms with E-state index in [4.69, 9.17) is 19.7 Å². The largest absolute Gasteiger partial charge is 0.497 e. The van der Waals surface area contributed by atoms with Crippen molar-refractivity contribution in [2.24, 2.45) is 10.2 Å². The topological polar surface area (TPSA) is 137 Å². The van der Waals surface area contributed by atoms with Crippen molar-refractivity contribution in [2.45, 2.75) is 17.4 Å². The Morgan fingerprint density at radius 3 is 2.41 bits per heavy atom. The van der Waals surface area contributed by atoms with Crippen LogP contribution in [0, 0.1) is 10.1 Å². The van der Waals surface area contributed by atoms with Crippen molar-refractivity contribution in [2.75, 3.05) is 19.2 Å². The summed E-state index contributed by atoms with van der Waals surface area (Å²) in [5, 5.41) is 23.1. The van der Waals surface area contributed by atoms with Gasteiger partial charge < -0.3 is 9.47 Å². The molecule has 0 fully saturated rings. The minimum Gasteiger partial charge on any atom is -0.497 e. The Balaban J connectivity index is 1.80. The minimum atomic E-state index is -3.85. The number of anilines is 1. The second kappa shape index (κ2) is 9.12. The molecule has 176 valence electrons. The van der Waals surface area contributed by atoms with Crippen LogP contribution in [-0.2, 0) is 10.0 Å². The first kappa shape index (κ1) is 23.2. The number of ether oxygens (including phenoxy) is 2. The van der Waals surface area contributed by atoms with E-state index in [-0.39, 0.29) is 16.6 Å². The first-order valence-electron chi connectivity index (χ1n) is 10.2. The molecule has 2 N–H and O–H groups in total. The quantitative estimate of drug-likeness (QED) is 0.401. The van der Waals surface area contributed by atoms with E-state index in [1.807, 2.05) is 6.07 Å². The van der Waals surface area contributed by atoms with Crippen molar-refractivity contribution in [3.05, 3.63) is 88.0 Å². The lowest BCUT2D eigenvalue weighted by molar-refractivity contribution is -0.384. The van der Waals surface area contributed by atoms with Gasteiger partial charge in [-0.05, 0) is 42.0 Å². The highest BCUT2D eigenvalue weighted by Gasteiger charge is 2.32. The maximum atomic E-state index is 11.7. The number of nitro benzene ring substituents is 1. The number of methoxy groups -OCH3 is 2. The highest BCUT2D eigenvalue weighted by Crippen LogP contribution is 2.39. The van der Waals surface area contributed by atoms with Crippen molar-refractivity contribution >= 4 is 27.1 Å². The van der Waals surface area contributed by atoms with Crippen LogP contribution in [0.15, 0.2) is 76.7 Å². The molecule has 11 heteroatoms. The predicted octanol–water partition coefficient (Wildman–Crippen LogP) is 3.62. The molecule has 1 aliphatic heterocycles. The van der Waals surface area contributed by atoms with Crippen LogP contribution in [0.4, 0.5) is 11.4 Å². The number of nitrogens with two attached hydrogens (primary N) is 1. The number of hydrazone groups is 1. The number of hydrogen-bond donors (Lipinski definition) is 1. The molecule has 0 aliphatic carbocycles. The highest BCUT2D eigenvalue weighted by atomic mass is 32.2. The summed E-state index contributed by atoms with van der Waals surface area (Å²) < 4.78 is 34.1. The van der Waals surface area contributed by atoms with Crippen LogP contribution >= 0.6 is 0 Å². The lowest BCUT2D eigenvalue weighted by Gasteiger charge is -2.24. The molecule has 0 bridgehead atoms. The van der Waals surface area contributed by atoms with Crippen LogP contribution < -0.4 is 19.6 Å². The Hall–Kier alpha value is -3.96. The minimum absolute atomic E-state index is 0.0247. The van der Waals surface area contributed by atoms with E-state index >= 15 is 0 Å². The smallest absolute Gasteiger partial charge is 0.269 e. The zero-order valence-electron chi connectivity index (χ0n) is 18.4. The van der Waals surface area contributed by atoms with Crippen molar-refractivity contribution in [1.82, 2.24) is 0 Å². The molecule has 1 atom stereocenters. The zero-order valence-corrected chi connectivity index (χ0v) is 19.2.